The van der Waals surface area contributed by atoms with E-state index in [0.717, 1.165) is 32.1 Å². The first-order valence-corrected chi connectivity index (χ1v) is 17.3. The predicted molar refractivity (Wildman–Crippen MR) is 170 cm³/mol. The van der Waals surface area contributed by atoms with Crippen LogP contribution in [0.3, 0.4) is 0 Å². The minimum atomic E-state index is -0.487. The number of benzene rings is 1. The standard InChI is InChI=1S/C39H54O4/c1-34(2)26(24-8-10-25(11-9-24)32(40)43-7)14-17-36(4)29(34)16-18-38(6)30(36)13-12-28-31-27(35(3)20-21-35)15-19-39(31,33(41)42)23-22-37(28,38)5/h8-11,14,27-31H,12-13,15-23H2,1-7H3,(H,41,42)/t27-,28-,29?,30?,31?,36+,37-,38-,39+/m1/s1. The minimum absolute atomic E-state index is 0.0288. The average molecular weight is 587 g/mol. The summed E-state index contributed by atoms with van der Waals surface area (Å²) in [6.45, 7) is 15.3. The summed E-state index contributed by atoms with van der Waals surface area (Å²) in [5.74, 6) is 1.93. The molecule has 0 spiro atoms. The van der Waals surface area contributed by atoms with E-state index >= 15 is 0 Å². The van der Waals surface area contributed by atoms with Gasteiger partial charge in [-0.3, -0.25) is 4.79 Å². The highest BCUT2D eigenvalue weighted by atomic mass is 16.5. The molecule has 1 aromatic rings. The van der Waals surface area contributed by atoms with E-state index in [9.17, 15) is 14.7 Å². The van der Waals surface area contributed by atoms with Gasteiger partial charge in [0.1, 0.15) is 0 Å². The van der Waals surface area contributed by atoms with Gasteiger partial charge >= 0.3 is 11.9 Å². The Morgan fingerprint density at radius 2 is 1.47 bits per heavy atom. The molecule has 4 heteroatoms. The van der Waals surface area contributed by atoms with Crippen molar-refractivity contribution in [1.82, 2.24) is 0 Å². The van der Waals surface area contributed by atoms with Gasteiger partial charge in [-0.1, -0.05) is 59.8 Å². The Labute approximate surface area is 259 Å². The van der Waals surface area contributed by atoms with Gasteiger partial charge in [0, 0.05) is 0 Å². The molecule has 0 radical (unpaired) electrons. The number of methoxy groups -OCH3 is 1. The minimum Gasteiger partial charge on any atom is -0.481 e. The topological polar surface area (TPSA) is 63.6 Å². The molecule has 0 saturated heterocycles. The molecule has 0 aliphatic heterocycles. The third-order valence-electron chi connectivity index (χ3n) is 16.0. The maximum absolute atomic E-state index is 13.1. The summed E-state index contributed by atoms with van der Waals surface area (Å²) in [5, 5.41) is 10.8. The first kappa shape index (κ1) is 29.6. The first-order valence-electron chi connectivity index (χ1n) is 17.3. The number of esters is 1. The highest BCUT2D eigenvalue weighted by Gasteiger charge is 2.73. The van der Waals surface area contributed by atoms with Crippen molar-refractivity contribution in [3.05, 3.63) is 41.5 Å². The zero-order valence-electron chi connectivity index (χ0n) is 27.7. The molecule has 234 valence electrons. The molecule has 0 heterocycles. The number of ether oxygens (including phenoxy) is 1. The normalized spacial score (nSPS) is 45.5. The number of aliphatic carboxylic acids is 1. The number of allylic oxidation sites excluding steroid dienone is 2. The van der Waals surface area contributed by atoms with Crippen LogP contribution < -0.4 is 0 Å². The van der Waals surface area contributed by atoms with Crippen molar-refractivity contribution < 1.29 is 19.4 Å². The molecular weight excluding hydrogens is 532 g/mol. The van der Waals surface area contributed by atoms with E-state index in [1.54, 1.807) is 0 Å². The van der Waals surface area contributed by atoms with Crippen molar-refractivity contribution in [2.45, 2.75) is 112 Å². The molecule has 43 heavy (non-hydrogen) atoms. The summed E-state index contributed by atoms with van der Waals surface area (Å²) in [7, 11) is 1.43. The average Bonchev–Trinajstić information content (AvgIpc) is 3.57. The molecule has 0 aromatic heterocycles. The van der Waals surface area contributed by atoms with E-state index in [4.69, 9.17) is 4.74 Å². The Kier molecular flexibility index (Phi) is 6.35. The lowest BCUT2D eigenvalue weighted by atomic mass is 9.32. The fourth-order valence-corrected chi connectivity index (χ4v) is 13.3. The predicted octanol–water partition coefficient (Wildman–Crippen LogP) is 9.43. The van der Waals surface area contributed by atoms with Crippen molar-refractivity contribution in [2.24, 2.45) is 62.1 Å². The lowest BCUT2D eigenvalue weighted by Crippen LogP contribution is -2.66. The van der Waals surface area contributed by atoms with Gasteiger partial charge in [0.15, 0.2) is 0 Å². The van der Waals surface area contributed by atoms with Crippen LogP contribution in [0.1, 0.15) is 128 Å². The van der Waals surface area contributed by atoms with Gasteiger partial charge < -0.3 is 9.84 Å². The number of carbonyl (C=O) groups excluding carboxylic acids is 1. The molecule has 1 aromatic carbocycles. The summed E-state index contributed by atoms with van der Waals surface area (Å²) < 4.78 is 4.94. The van der Waals surface area contributed by atoms with Gasteiger partial charge in [0.05, 0.1) is 18.1 Å². The molecule has 9 atom stereocenters. The lowest BCUT2D eigenvalue weighted by molar-refractivity contribution is -0.230. The molecule has 0 bridgehead atoms. The summed E-state index contributed by atoms with van der Waals surface area (Å²) in [5.41, 5.74) is 3.81. The van der Waals surface area contributed by atoms with Crippen LogP contribution in [-0.4, -0.2) is 24.2 Å². The van der Waals surface area contributed by atoms with E-state index in [-0.39, 0.29) is 27.6 Å². The Morgan fingerprint density at radius 3 is 2.09 bits per heavy atom. The highest BCUT2D eigenvalue weighted by molar-refractivity contribution is 5.90. The zero-order chi connectivity index (χ0) is 30.8. The Bertz CT molecular complexity index is 1370. The quantitative estimate of drug-likeness (QED) is 0.357. The fourth-order valence-electron chi connectivity index (χ4n) is 13.3. The fraction of sp³-hybridized carbons (Fsp3) is 0.744. The Hall–Kier alpha value is -2.10. The van der Waals surface area contributed by atoms with Crippen molar-refractivity contribution in [1.29, 1.82) is 0 Å². The molecule has 0 amide bonds. The molecular formula is C39H54O4. The van der Waals surface area contributed by atoms with Crippen LogP contribution in [0.2, 0.25) is 0 Å². The van der Waals surface area contributed by atoms with Crippen molar-refractivity contribution in [3.63, 3.8) is 0 Å². The molecule has 7 rings (SSSR count). The van der Waals surface area contributed by atoms with Crippen LogP contribution in [0.4, 0.5) is 0 Å². The number of hydrogen-bond acceptors (Lipinski definition) is 3. The van der Waals surface area contributed by atoms with E-state index in [0.29, 0.717) is 40.6 Å². The van der Waals surface area contributed by atoms with E-state index in [2.05, 4.69) is 59.8 Å². The second-order valence-corrected chi connectivity index (χ2v) is 17.6. The number of fused-ring (bicyclic) bond motifs is 7. The summed E-state index contributed by atoms with van der Waals surface area (Å²) in [6, 6.07) is 8.03. The number of carboxylic acid groups (broad SMARTS) is 1. The SMILES string of the molecule is COC(=O)c1ccc(C2=CC[C@@]3(C)C(CC[C@]4(C)C3CC[C@@H]3C5[C@H](C6(C)CC6)CC[C@]5(C(=O)O)CC[C@]34C)C2(C)C)cc1. The van der Waals surface area contributed by atoms with Crippen molar-refractivity contribution >= 4 is 17.5 Å². The second kappa shape index (κ2) is 9.23. The number of carbonyl (C=O) groups is 2. The first-order chi connectivity index (χ1) is 20.2. The zero-order valence-corrected chi connectivity index (χ0v) is 27.7. The van der Waals surface area contributed by atoms with Gasteiger partial charge in [-0.25, -0.2) is 4.79 Å². The molecule has 1 N–H and O–H groups in total. The molecule has 4 nitrogen and oxygen atoms in total. The largest absolute Gasteiger partial charge is 0.481 e. The van der Waals surface area contributed by atoms with Crippen molar-refractivity contribution in [3.8, 4) is 0 Å². The monoisotopic (exact) mass is 586 g/mol. The van der Waals surface area contributed by atoms with Gasteiger partial charge in [0.25, 0.3) is 0 Å². The van der Waals surface area contributed by atoms with Gasteiger partial charge in [0.2, 0.25) is 0 Å². The lowest BCUT2D eigenvalue weighted by Gasteiger charge is -2.72. The third-order valence-corrected chi connectivity index (χ3v) is 16.0. The molecule has 3 unspecified atom stereocenters. The van der Waals surface area contributed by atoms with Gasteiger partial charge in [-0.05, 0) is 151 Å². The van der Waals surface area contributed by atoms with Gasteiger partial charge in [-0.2, -0.15) is 0 Å². The molecule has 6 aliphatic carbocycles. The van der Waals surface area contributed by atoms with Crippen LogP contribution >= 0.6 is 0 Å². The summed E-state index contributed by atoms with van der Waals surface area (Å²) in [6.07, 6.45) is 15.1. The van der Waals surface area contributed by atoms with Crippen LogP contribution in [0, 0.1) is 62.1 Å². The van der Waals surface area contributed by atoms with Gasteiger partial charge in [-0.15, -0.1) is 0 Å². The van der Waals surface area contributed by atoms with Crippen LogP contribution in [-0.2, 0) is 9.53 Å². The second-order valence-electron chi connectivity index (χ2n) is 17.6. The number of carboxylic acids is 1. The smallest absolute Gasteiger partial charge is 0.337 e. The maximum Gasteiger partial charge on any atom is 0.337 e. The third kappa shape index (κ3) is 3.73. The summed E-state index contributed by atoms with van der Waals surface area (Å²) >= 11 is 0. The van der Waals surface area contributed by atoms with E-state index < -0.39 is 11.4 Å². The van der Waals surface area contributed by atoms with Crippen LogP contribution in [0.5, 0.6) is 0 Å². The molecule has 6 aliphatic rings. The number of hydrogen-bond donors (Lipinski definition) is 1. The van der Waals surface area contributed by atoms with E-state index in [1.165, 1.54) is 56.8 Å². The highest BCUT2D eigenvalue weighted by Crippen LogP contribution is 2.79. The maximum atomic E-state index is 13.1. The summed E-state index contributed by atoms with van der Waals surface area (Å²) in [4.78, 5) is 25.2. The van der Waals surface area contributed by atoms with Crippen LogP contribution in [0.15, 0.2) is 30.3 Å². The van der Waals surface area contributed by atoms with Crippen LogP contribution in [0.25, 0.3) is 5.57 Å². The van der Waals surface area contributed by atoms with Crippen molar-refractivity contribution in [2.75, 3.05) is 7.11 Å². The molecule has 5 saturated carbocycles. The Morgan fingerprint density at radius 1 is 0.767 bits per heavy atom. The Balaban J connectivity index is 1.23. The van der Waals surface area contributed by atoms with E-state index in [1.807, 2.05) is 12.1 Å². The molecule has 5 fully saturated rings. The number of rotatable bonds is 4.